The van der Waals surface area contributed by atoms with E-state index in [1.165, 1.54) is 36.8 Å². The number of halogens is 3. The first-order chi connectivity index (χ1) is 23.6. The molecular weight excluding hydrogens is 716 g/mol. The van der Waals surface area contributed by atoms with Crippen LogP contribution in [0.25, 0.3) is 10.9 Å². The van der Waals surface area contributed by atoms with Crippen molar-refractivity contribution >= 4 is 48.2 Å². The zero-order valence-electron chi connectivity index (χ0n) is 26.7. The predicted molar refractivity (Wildman–Crippen MR) is 187 cm³/mol. The second-order valence-corrected chi connectivity index (χ2v) is 14.8. The van der Waals surface area contributed by atoms with Crippen molar-refractivity contribution in [3.05, 3.63) is 125 Å². The number of hydrogen-bond acceptors (Lipinski definition) is 9. The molecule has 3 aromatic carbocycles. The van der Waals surface area contributed by atoms with E-state index in [2.05, 4.69) is 36.2 Å². The lowest BCUT2D eigenvalue weighted by molar-refractivity contribution is 0.0252. The Hall–Kier alpha value is -4.46. The number of rotatable bonds is 14. The Labute approximate surface area is 292 Å². The number of benzene rings is 3. The van der Waals surface area contributed by atoms with E-state index in [9.17, 15) is 12.8 Å². The highest BCUT2D eigenvalue weighted by atomic mass is 79.9. The Morgan fingerprint density at radius 3 is 2.65 bits per heavy atom. The van der Waals surface area contributed by atoms with Crippen LogP contribution >= 0.6 is 15.9 Å². The molecule has 0 spiro atoms. The number of pyridine rings is 1. The van der Waals surface area contributed by atoms with E-state index < -0.39 is 21.3 Å². The van der Waals surface area contributed by atoms with Crippen LogP contribution < -0.4 is 10.1 Å². The van der Waals surface area contributed by atoms with E-state index in [-0.39, 0.29) is 23.2 Å². The van der Waals surface area contributed by atoms with Crippen LogP contribution in [0.5, 0.6) is 5.75 Å². The fourth-order valence-electron chi connectivity index (χ4n) is 5.74. The summed E-state index contributed by atoms with van der Waals surface area (Å²) in [4.78, 5) is 14.7. The lowest BCUT2D eigenvalue weighted by Crippen LogP contribution is -2.30. The van der Waals surface area contributed by atoms with Gasteiger partial charge in [0.1, 0.15) is 41.7 Å². The summed E-state index contributed by atoms with van der Waals surface area (Å²) in [5.74, 6) is 0.261. The van der Waals surface area contributed by atoms with E-state index in [4.69, 9.17) is 9.47 Å². The minimum Gasteiger partial charge on any atom is -0.490 e. The molecule has 0 saturated carbocycles. The van der Waals surface area contributed by atoms with Crippen LogP contribution in [0.1, 0.15) is 30.4 Å². The number of anilines is 2. The second-order valence-electron chi connectivity index (χ2n) is 11.8. The molecule has 3 heterocycles. The van der Waals surface area contributed by atoms with Gasteiger partial charge in [0.15, 0.2) is 14.9 Å². The van der Waals surface area contributed by atoms with Crippen molar-refractivity contribution in [3.8, 4) is 5.75 Å². The summed E-state index contributed by atoms with van der Waals surface area (Å²) < 4.78 is 67.3. The zero-order valence-corrected chi connectivity index (χ0v) is 29.1. The van der Waals surface area contributed by atoms with Gasteiger partial charge in [0.2, 0.25) is 0 Å². The highest BCUT2D eigenvalue weighted by molar-refractivity contribution is 9.10. The van der Waals surface area contributed by atoms with Crippen LogP contribution in [0.2, 0.25) is 0 Å². The molecule has 0 radical (unpaired) electrons. The van der Waals surface area contributed by atoms with Gasteiger partial charge in [-0.3, -0.25) is 0 Å². The van der Waals surface area contributed by atoms with Crippen molar-refractivity contribution < 1.29 is 26.7 Å². The lowest BCUT2D eigenvalue weighted by atomic mass is 9.85. The summed E-state index contributed by atoms with van der Waals surface area (Å²) in [6.07, 6.45) is 7.94. The smallest absolute Gasteiger partial charge is 0.196 e. The predicted octanol–water partition coefficient (Wildman–Crippen LogP) is 7.70. The Kier molecular flexibility index (Phi) is 10.5. The first-order valence-electron chi connectivity index (χ1n) is 15.7. The van der Waals surface area contributed by atoms with E-state index in [1.807, 2.05) is 30.2 Å². The molecule has 1 N–H and O–H groups in total. The molecule has 0 amide bonds. The van der Waals surface area contributed by atoms with Crippen molar-refractivity contribution in [2.45, 2.75) is 36.5 Å². The average molecular weight is 751 g/mol. The van der Waals surface area contributed by atoms with Gasteiger partial charge in [-0.15, -0.1) is 0 Å². The molecule has 0 fully saturated rings. The minimum absolute atomic E-state index is 0.0555. The molecule has 0 saturated heterocycles. The van der Waals surface area contributed by atoms with Crippen molar-refractivity contribution in [3.63, 3.8) is 0 Å². The molecule has 1 aliphatic heterocycles. The molecule has 49 heavy (non-hydrogen) atoms. The van der Waals surface area contributed by atoms with Crippen LogP contribution in [0.4, 0.5) is 20.3 Å². The molecule has 1 aliphatic rings. The molecule has 5 aromatic rings. The highest BCUT2D eigenvalue weighted by Crippen LogP contribution is 2.42. The summed E-state index contributed by atoms with van der Waals surface area (Å²) in [6, 6.07) is 19.7. The zero-order chi connectivity index (χ0) is 34.4. The Morgan fingerprint density at radius 1 is 1.02 bits per heavy atom. The van der Waals surface area contributed by atoms with E-state index in [0.717, 1.165) is 0 Å². The number of sulfone groups is 1. The first kappa shape index (κ1) is 34.4. The van der Waals surface area contributed by atoms with E-state index in [0.29, 0.717) is 76.1 Å². The third-order valence-corrected chi connectivity index (χ3v) is 10.6. The van der Waals surface area contributed by atoms with Crippen LogP contribution in [0, 0.1) is 11.6 Å². The topological polar surface area (TPSA) is 107 Å². The maximum absolute atomic E-state index is 15.8. The molecule has 0 aliphatic carbocycles. The van der Waals surface area contributed by atoms with Gasteiger partial charge in [0.25, 0.3) is 0 Å². The number of nitrogens with zero attached hydrogens (tertiary/aromatic N) is 4. The van der Waals surface area contributed by atoms with Crippen molar-refractivity contribution in [2.75, 3.05) is 31.2 Å². The van der Waals surface area contributed by atoms with Gasteiger partial charge in [0, 0.05) is 41.9 Å². The third kappa shape index (κ3) is 8.23. The maximum Gasteiger partial charge on any atom is 0.196 e. The van der Waals surface area contributed by atoms with Crippen LogP contribution in [-0.2, 0) is 26.8 Å². The minimum atomic E-state index is -3.50. The second kappa shape index (κ2) is 15.0. The molecule has 9 nitrogen and oxygen atoms in total. The lowest BCUT2D eigenvalue weighted by Gasteiger charge is -2.31. The summed E-state index contributed by atoms with van der Waals surface area (Å²) in [7, 11) is -1.64. The van der Waals surface area contributed by atoms with Crippen LogP contribution in [0.3, 0.4) is 0 Å². The monoisotopic (exact) mass is 749 g/mol. The molecule has 6 rings (SSSR count). The normalized spacial score (nSPS) is 15.9. The Bertz CT molecular complexity index is 2080. The van der Waals surface area contributed by atoms with Gasteiger partial charge in [-0.25, -0.2) is 32.2 Å². The molecular formula is C36H34BrF2N5O4S. The number of hydrogen-bond donors (Lipinski definition) is 1. The van der Waals surface area contributed by atoms with Gasteiger partial charge in [-0.2, -0.15) is 0 Å². The van der Waals surface area contributed by atoms with Crippen LogP contribution in [0.15, 0.2) is 107 Å². The van der Waals surface area contributed by atoms with Crippen molar-refractivity contribution in [1.82, 2.24) is 19.9 Å². The molecule has 1 unspecified atom stereocenters. The summed E-state index contributed by atoms with van der Waals surface area (Å²) in [6.45, 7) is 1.12. The van der Waals surface area contributed by atoms with Crippen LogP contribution in [-0.4, -0.2) is 54.2 Å². The van der Waals surface area contributed by atoms with Gasteiger partial charge >= 0.3 is 0 Å². The first-order valence-corrected chi connectivity index (χ1v) is 18.1. The third-order valence-electron chi connectivity index (χ3n) is 8.35. The van der Waals surface area contributed by atoms with Gasteiger partial charge in [-0.1, -0.05) is 18.2 Å². The number of aromatic nitrogens is 3. The largest absolute Gasteiger partial charge is 0.490 e. The van der Waals surface area contributed by atoms with Crippen molar-refractivity contribution in [1.29, 1.82) is 0 Å². The molecule has 1 atom stereocenters. The highest BCUT2D eigenvalue weighted by Gasteiger charge is 2.38. The summed E-state index contributed by atoms with van der Waals surface area (Å²) in [5, 5.41) is 4.00. The fraction of sp³-hybridized carbons (Fsp3) is 0.250. The Balaban J connectivity index is 1.15. The maximum atomic E-state index is 15.8. The molecule has 254 valence electrons. The molecule has 0 bridgehead atoms. The van der Waals surface area contributed by atoms with Crippen molar-refractivity contribution in [2.24, 2.45) is 0 Å². The van der Waals surface area contributed by atoms with Gasteiger partial charge < -0.3 is 19.7 Å². The SMILES string of the molecule is CN(CCCC1(c2cc3c(Nc4ccc(OCc5cccc(F)c5)c(Br)c4)ncnc3cc2F)CC=CO1)CCS(=O)(=O)c1ccccn1. The molecule has 13 heteroatoms. The van der Waals surface area contributed by atoms with Gasteiger partial charge in [0.05, 0.1) is 22.0 Å². The van der Waals surface area contributed by atoms with Gasteiger partial charge in [-0.05, 0) is 103 Å². The van der Waals surface area contributed by atoms with E-state index >= 15 is 4.39 Å². The average Bonchev–Trinajstić information content (AvgIpc) is 3.57. The molecule has 2 aromatic heterocycles. The number of nitrogens with one attached hydrogen (secondary N) is 1. The quantitative estimate of drug-likeness (QED) is 0.122. The standard InChI is InChI=1S/C36H34BrF2N5O4S/c1-44(16-18-49(45,46)34-9-2-3-14-40-34)15-5-12-36(13-6-17-48-36)29-21-28-32(22-31(29)39)41-24-42-35(28)43-27-10-11-33(30(37)20-27)47-23-25-7-4-8-26(38)19-25/h2-4,6-11,14,17,19-22,24H,5,12-13,15-16,18,23H2,1H3,(H,41,42,43). The Morgan fingerprint density at radius 2 is 1.90 bits per heavy atom. The fourth-order valence-corrected chi connectivity index (χ4v) is 7.50. The summed E-state index contributed by atoms with van der Waals surface area (Å²) >= 11 is 3.55. The number of ether oxygens (including phenoxy) is 2. The van der Waals surface area contributed by atoms with E-state index in [1.54, 1.807) is 42.7 Å². The number of fused-ring (bicyclic) bond motifs is 1. The summed E-state index contributed by atoms with van der Waals surface area (Å²) in [5.41, 5.74) is 1.31.